The summed E-state index contributed by atoms with van der Waals surface area (Å²) in [5.41, 5.74) is 0.530. The lowest BCUT2D eigenvalue weighted by Gasteiger charge is -2.22. The van der Waals surface area contributed by atoms with E-state index in [0.717, 1.165) is 38.2 Å². The first kappa shape index (κ1) is 18.7. The minimum atomic E-state index is -0.348. The predicted molar refractivity (Wildman–Crippen MR) is 88.2 cm³/mol. The Labute approximate surface area is 132 Å². The molecule has 6 heteroatoms. The fraction of sp³-hybridized carbons (Fsp3) is 0.688. The van der Waals surface area contributed by atoms with Crippen molar-refractivity contribution in [1.82, 2.24) is 14.4 Å². The van der Waals surface area contributed by atoms with Gasteiger partial charge in [0, 0.05) is 31.4 Å². The lowest BCUT2D eigenvalue weighted by atomic mass is 10.2. The van der Waals surface area contributed by atoms with Gasteiger partial charge >= 0.3 is 0 Å². The Balaban J connectivity index is 2.80. The Morgan fingerprint density at radius 2 is 1.95 bits per heavy atom. The molecule has 0 aromatic carbocycles. The number of pyridine rings is 1. The van der Waals surface area contributed by atoms with Gasteiger partial charge in [-0.05, 0) is 40.0 Å². The van der Waals surface area contributed by atoms with Crippen LogP contribution < -0.4 is 5.43 Å². The quantitative estimate of drug-likeness (QED) is 0.623. The van der Waals surface area contributed by atoms with Gasteiger partial charge in [-0.25, -0.2) is 0 Å². The van der Waals surface area contributed by atoms with Crippen molar-refractivity contribution < 1.29 is 10.2 Å². The van der Waals surface area contributed by atoms with Gasteiger partial charge in [0.2, 0.25) is 5.43 Å². The summed E-state index contributed by atoms with van der Waals surface area (Å²) in [4.78, 5) is 15.9. The lowest BCUT2D eigenvalue weighted by Crippen LogP contribution is -2.28. The lowest BCUT2D eigenvalue weighted by molar-refractivity contribution is 0.193. The van der Waals surface area contributed by atoms with Crippen molar-refractivity contribution in [3.8, 4) is 5.75 Å². The zero-order valence-electron chi connectivity index (χ0n) is 14.0. The van der Waals surface area contributed by atoms with Gasteiger partial charge in [-0.15, -0.1) is 0 Å². The van der Waals surface area contributed by atoms with E-state index in [1.54, 1.807) is 0 Å². The first-order valence-electron chi connectivity index (χ1n) is 7.88. The molecule has 0 amide bonds. The molecule has 1 aromatic heterocycles. The molecule has 6 nitrogen and oxygen atoms in total. The molecule has 2 N–H and O–H groups in total. The van der Waals surface area contributed by atoms with Crippen LogP contribution in [0, 0.1) is 0 Å². The maximum absolute atomic E-state index is 11.7. The van der Waals surface area contributed by atoms with E-state index < -0.39 is 0 Å². The molecule has 0 unspecified atom stereocenters. The fourth-order valence-corrected chi connectivity index (χ4v) is 2.38. The summed E-state index contributed by atoms with van der Waals surface area (Å²) in [7, 11) is 4.09. The van der Waals surface area contributed by atoms with Gasteiger partial charge in [-0.1, -0.05) is 6.92 Å². The molecule has 0 spiro atoms. The maximum Gasteiger partial charge on any atom is 0.223 e. The number of aromatic nitrogens is 1. The van der Waals surface area contributed by atoms with Gasteiger partial charge < -0.3 is 19.7 Å². The SMILES string of the molecule is CCN(CCO)Cc1cc(=O)c(O)cn1CCCCN(C)C. The largest absolute Gasteiger partial charge is 0.503 e. The summed E-state index contributed by atoms with van der Waals surface area (Å²) in [6.07, 6.45) is 3.58. The summed E-state index contributed by atoms with van der Waals surface area (Å²) in [5.74, 6) is -0.207. The van der Waals surface area contributed by atoms with Crippen molar-refractivity contribution >= 4 is 0 Å². The number of hydrogen-bond acceptors (Lipinski definition) is 5. The van der Waals surface area contributed by atoms with E-state index in [4.69, 9.17) is 5.11 Å². The van der Waals surface area contributed by atoms with Crippen LogP contribution in [-0.2, 0) is 13.1 Å². The predicted octanol–water partition coefficient (Wildman–Crippen LogP) is 0.710. The molecule has 1 heterocycles. The van der Waals surface area contributed by atoms with Gasteiger partial charge in [0.15, 0.2) is 5.75 Å². The summed E-state index contributed by atoms with van der Waals surface area (Å²) >= 11 is 0. The molecule has 0 fully saturated rings. The molecule has 0 bridgehead atoms. The van der Waals surface area contributed by atoms with Crippen LogP contribution in [0.3, 0.4) is 0 Å². The van der Waals surface area contributed by atoms with E-state index in [1.165, 1.54) is 12.3 Å². The third-order valence-corrected chi connectivity index (χ3v) is 3.70. The Morgan fingerprint density at radius 3 is 2.55 bits per heavy atom. The van der Waals surface area contributed by atoms with E-state index in [0.29, 0.717) is 13.1 Å². The Bertz CT molecular complexity index is 500. The van der Waals surface area contributed by atoms with E-state index >= 15 is 0 Å². The molecule has 0 saturated carbocycles. The standard InChI is InChI=1S/C16H29N3O3/c1-4-18(9-10-20)12-14-11-15(21)16(22)13-19(14)8-6-5-7-17(2)3/h11,13,20,22H,4-10,12H2,1-3H3. The molecule has 0 aliphatic heterocycles. The fourth-order valence-electron chi connectivity index (χ4n) is 2.38. The van der Waals surface area contributed by atoms with Gasteiger partial charge in [-0.2, -0.15) is 0 Å². The summed E-state index contributed by atoms with van der Waals surface area (Å²) in [5, 5.41) is 18.8. The third kappa shape index (κ3) is 6.17. The highest BCUT2D eigenvalue weighted by Gasteiger charge is 2.10. The Morgan fingerprint density at radius 1 is 1.23 bits per heavy atom. The Kier molecular flexibility index (Phi) is 8.16. The average molecular weight is 311 g/mol. The van der Waals surface area contributed by atoms with Gasteiger partial charge in [-0.3, -0.25) is 9.69 Å². The first-order valence-corrected chi connectivity index (χ1v) is 7.88. The minimum Gasteiger partial charge on any atom is -0.503 e. The van der Waals surface area contributed by atoms with E-state index in [1.807, 2.05) is 25.6 Å². The first-order chi connectivity index (χ1) is 10.5. The van der Waals surface area contributed by atoms with Crippen LogP contribution in [0.5, 0.6) is 5.75 Å². The van der Waals surface area contributed by atoms with Crippen LogP contribution >= 0.6 is 0 Å². The van der Waals surface area contributed by atoms with Crippen molar-refractivity contribution in [1.29, 1.82) is 0 Å². The molecule has 22 heavy (non-hydrogen) atoms. The highest BCUT2D eigenvalue weighted by molar-refractivity contribution is 5.20. The highest BCUT2D eigenvalue weighted by atomic mass is 16.3. The van der Waals surface area contributed by atoms with Crippen LogP contribution in [0.1, 0.15) is 25.5 Å². The molecule has 0 aliphatic rings. The van der Waals surface area contributed by atoms with E-state index in [9.17, 15) is 9.90 Å². The monoisotopic (exact) mass is 311 g/mol. The molecular weight excluding hydrogens is 282 g/mol. The van der Waals surface area contributed by atoms with Crippen LogP contribution in [-0.4, -0.2) is 64.9 Å². The second kappa shape index (κ2) is 9.61. The number of aryl methyl sites for hydroxylation is 1. The van der Waals surface area contributed by atoms with Crippen molar-refractivity contribution in [3.63, 3.8) is 0 Å². The molecule has 1 rings (SSSR count). The number of rotatable bonds is 10. The van der Waals surface area contributed by atoms with Crippen molar-refractivity contribution in [2.75, 3.05) is 40.3 Å². The number of likely N-dealkylation sites (N-methyl/N-ethyl adjacent to an activating group) is 1. The third-order valence-electron chi connectivity index (χ3n) is 3.70. The summed E-state index contributed by atoms with van der Waals surface area (Å²) in [6, 6.07) is 1.50. The average Bonchev–Trinajstić information content (AvgIpc) is 2.47. The summed E-state index contributed by atoms with van der Waals surface area (Å²) < 4.78 is 1.95. The number of aromatic hydroxyl groups is 1. The van der Waals surface area contributed by atoms with Crippen LogP contribution in [0.25, 0.3) is 0 Å². The molecule has 126 valence electrons. The zero-order valence-corrected chi connectivity index (χ0v) is 14.0. The highest BCUT2D eigenvalue weighted by Crippen LogP contribution is 2.10. The molecule has 0 atom stereocenters. The molecule has 0 saturated heterocycles. The number of aliphatic hydroxyl groups excluding tert-OH is 1. The second-order valence-electron chi connectivity index (χ2n) is 5.81. The van der Waals surface area contributed by atoms with Crippen LogP contribution in [0.2, 0.25) is 0 Å². The normalized spacial score (nSPS) is 11.5. The number of unbranched alkanes of at least 4 members (excludes halogenated alkanes) is 1. The number of aliphatic hydroxyl groups is 1. The van der Waals surface area contributed by atoms with E-state index in [-0.39, 0.29) is 17.8 Å². The van der Waals surface area contributed by atoms with Crippen molar-refractivity contribution in [2.45, 2.75) is 32.9 Å². The number of nitrogens with zero attached hydrogens (tertiary/aromatic N) is 3. The second-order valence-corrected chi connectivity index (χ2v) is 5.81. The summed E-state index contributed by atoms with van der Waals surface area (Å²) in [6.45, 7) is 5.89. The smallest absolute Gasteiger partial charge is 0.223 e. The van der Waals surface area contributed by atoms with Crippen molar-refractivity contribution in [3.05, 3.63) is 28.2 Å². The molecular formula is C16H29N3O3. The van der Waals surface area contributed by atoms with Gasteiger partial charge in [0.1, 0.15) is 0 Å². The van der Waals surface area contributed by atoms with Crippen molar-refractivity contribution in [2.24, 2.45) is 0 Å². The van der Waals surface area contributed by atoms with Crippen LogP contribution in [0.15, 0.2) is 17.1 Å². The molecule has 1 aromatic rings. The van der Waals surface area contributed by atoms with E-state index in [2.05, 4.69) is 9.80 Å². The van der Waals surface area contributed by atoms with Gasteiger partial charge in [0.05, 0.1) is 12.8 Å². The molecule has 0 radical (unpaired) electrons. The maximum atomic E-state index is 11.7. The van der Waals surface area contributed by atoms with Crippen LogP contribution in [0.4, 0.5) is 0 Å². The zero-order chi connectivity index (χ0) is 16.5. The molecule has 0 aliphatic carbocycles. The Hall–Kier alpha value is -1.37. The topological polar surface area (TPSA) is 68.9 Å². The van der Waals surface area contributed by atoms with Gasteiger partial charge in [0.25, 0.3) is 0 Å². The number of hydrogen-bond donors (Lipinski definition) is 2. The minimum absolute atomic E-state index is 0.0962.